The number of nitrogens with one attached hydrogen (secondary N) is 1. The van der Waals surface area contributed by atoms with Crippen molar-refractivity contribution in [1.29, 1.82) is 0 Å². The topological polar surface area (TPSA) is 18.5 Å². The molecule has 1 aliphatic heterocycles. The molecule has 21 heavy (non-hydrogen) atoms. The lowest BCUT2D eigenvalue weighted by Gasteiger charge is -2.35. The molecule has 0 unspecified atom stereocenters. The Morgan fingerprint density at radius 1 is 1.00 bits per heavy atom. The van der Waals surface area contributed by atoms with Crippen molar-refractivity contribution in [2.45, 2.75) is 38.8 Å². The first kappa shape index (κ1) is 16.5. The predicted octanol–water partition coefficient (Wildman–Crippen LogP) is 2.40. The lowest BCUT2D eigenvalue weighted by Crippen LogP contribution is -2.50. The summed E-state index contributed by atoms with van der Waals surface area (Å²) >= 11 is 0. The molecule has 0 aliphatic carbocycles. The van der Waals surface area contributed by atoms with Gasteiger partial charge in [-0.1, -0.05) is 37.3 Å². The van der Waals surface area contributed by atoms with Gasteiger partial charge >= 0.3 is 0 Å². The van der Waals surface area contributed by atoms with Crippen LogP contribution in [0.3, 0.4) is 0 Å². The van der Waals surface area contributed by atoms with E-state index in [0.29, 0.717) is 18.0 Å². The molecular weight excluding hydrogens is 258 g/mol. The molecule has 0 bridgehead atoms. The van der Waals surface area contributed by atoms with Crippen molar-refractivity contribution in [3.63, 3.8) is 0 Å². The highest BCUT2D eigenvalue weighted by molar-refractivity contribution is 5.20. The maximum Gasteiger partial charge on any atom is 0.0169 e. The van der Waals surface area contributed by atoms with Gasteiger partial charge in [-0.15, -0.1) is 0 Å². The van der Waals surface area contributed by atoms with E-state index in [1.165, 1.54) is 31.7 Å². The van der Waals surface area contributed by atoms with E-state index in [0.717, 1.165) is 6.54 Å². The lowest BCUT2D eigenvalue weighted by atomic mass is 9.94. The van der Waals surface area contributed by atoms with Crippen LogP contribution in [0.4, 0.5) is 0 Å². The van der Waals surface area contributed by atoms with Gasteiger partial charge in [-0.2, -0.15) is 0 Å². The molecule has 1 heterocycles. The average molecular weight is 289 g/mol. The summed E-state index contributed by atoms with van der Waals surface area (Å²) in [6.45, 7) is 12.9. The summed E-state index contributed by atoms with van der Waals surface area (Å²) in [6.07, 6.45) is 0. The minimum atomic E-state index is 0.495. The summed E-state index contributed by atoms with van der Waals surface area (Å²) in [6, 6.07) is 11.8. The van der Waals surface area contributed by atoms with E-state index in [4.69, 9.17) is 0 Å². The van der Waals surface area contributed by atoms with Gasteiger partial charge in [0, 0.05) is 44.8 Å². The van der Waals surface area contributed by atoms with Crippen LogP contribution in [-0.4, -0.2) is 61.7 Å². The molecule has 0 radical (unpaired) electrons. The van der Waals surface area contributed by atoms with Crippen molar-refractivity contribution >= 4 is 0 Å². The van der Waals surface area contributed by atoms with Crippen LogP contribution in [0.2, 0.25) is 0 Å². The molecule has 3 atom stereocenters. The van der Waals surface area contributed by atoms with E-state index in [1.807, 2.05) is 0 Å². The lowest BCUT2D eigenvalue weighted by molar-refractivity contribution is 0.142. The maximum atomic E-state index is 3.78. The molecule has 0 amide bonds. The van der Waals surface area contributed by atoms with Crippen molar-refractivity contribution in [2.24, 2.45) is 0 Å². The predicted molar refractivity (Wildman–Crippen MR) is 90.9 cm³/mol. The minimum absolute atomic E-state index is 0.495. The monoisotopic (exact) mass is 289 g/mol. The minimum Gasteiger partial charge on any atom is -0.310 e. The molecule has 2 rings (SSSR count). The number of piperazine rings is 1. The second-order valence-electron chi connectivity index (χ2n) is 6.66. The summed E-state index contributed by atoms with van der Waals surface area (Å²) in [5.41, 5.74) is 1.42. The smallest absolute Gasteiger partial charge is 0.0169 e. The molecular formula is C18H31N3. The van der Waals surface area contributed by atoms with Gasteiger partial charge in [0.25, 0.3) is 0 Å². The number of hydrogen-bond donors (Lipinski definition) is 1. The Bertz CT molecular complexity index is 398. The second kappa shape index (κ2) is 7.92. The number of nitrogens with zero attached hydrogens (tertiary/aromatic N) is 2. The van der Waals surface area contributed by atoms with Gasteiger partial charge in [0.1, 0.15) is 0 Å². The van der Waals surface area contributed by atoms with Gasteiger partial charge < -0.3 is 10.2 Å². The zero-order valence-electron chi connectivity index (χ0n) is 14.0. The normalized spacial score (nSPS) is 21.9. The van der Waals surface area contributed by atoms with Crippen molar-refractivity contribution in [3.8, 4) is 0 Å². The fourth-order valence-electron chi connectivity index (χ4n) is 3.11. The SMILES string of the molecule is C[C@H](CN1CCN(C)CC1)N[C@H](C)[C@H](C)c1ccccc1. The van der Waals surface area contributed by atoms with E-state index in [-0.39, 0.29) is 0 Å². The van der Waals surface area contributed by atoms with E-state index in [9.17, 15) is 0 Å². The van der Waals surface area contributed by atoms with Crippen LogP contribution < -0.4 is 5.32 Å². The van der Waals surface area contributed by atoms with Crippen LogP contribution in [-0.2, 0) is 0 Å². The Hall–Kier alpha value is -0.900. The number of likely N-dealkylation sites (N-methyl/N-ethyl adjacent to an activating group) is 1. The van der Waals surface area contributed by atoms with Crippen LogP contribution in [0.15, 0.2) is 30.3 Å². The van der Waals surface area contributed by atoms with Crippen molar-refractivity contribution in [2.75, 3.05) is 39.8 Å². The molecule has 0 aromatic heterocycles. The van der Waals surface area contributed by atoms with E-state index in [1.54, 1.807) is 0 Å². The molecule has 1 N–H and O–H groups in total. The zero-order chi connectivity index (χ0) is 15.2. The van der Waals surface area contributed by atoms with Gasteiger partial charge in [0.2, 0.25) is 0 Å². The highest BCUT2D eigenvalue weighted by Crippen LogP contribution is 2.19. The fourth-order valence-corrected chi connectivity index (χ4v) is 3.11. The highest BCUT2D eigenvalue weighted by Gasteiger charge is 2.19. The molecule has 3 heteroatoms. The van der Waals surface area contributed by atoms with E-state index < -0.39 is 0 Å². The molecule has 1 aromatic carbocycles. The molecule has 3 nitrogen and oxygen atoms in total. The maximum absolute atomic E-state index is 3.78. The summed E-state index contributed by atoms with van der Waals surface area (Å²) < 4.78 is 0. The largest absolute Gasteiger partial charge is 0.310 e. The third kappa shape index (κ3) is 5.10. The van der Waals surface area contributed by atoms with Crippen LogP contribution in [0.25, 0.3) is 0 Å². The van der Waals surface area contributed by atoms with Gasteiger partial charge in [-0.3, -0.25) is 4.90 Å². The van der Waals surface area contributed by atoms with E-state index in [2.05, 4.69) is 73.3 Å². The second-order valence-corrected chi connectivity index (χ2v) is 6.66. The van der Waals surface area contributed by atoms with Crippen LogP contribution in [0.1, 0.15) is 32.3 Å². The molecule has 0 spiro atoms. The first-order chi connectivity index (χ1) is 10.1. The van der Waals surface area contributed by atoms with Crippen molar-refractivity contribution in [1.82, 2.24) is 15.1 Å². The fraction of sp³-hybridized carbons (Fsp3) is 0.667. The molecule has 0 saturated carbocycles. The Balaban J connectivity index is 1.78. The van der Waals surface area contributed by atoms with Gasteiger partial charge in [-0.05, 0) is 32.4 Å². The summed E-state index contributed by atoms with van der Waals surface area (Å²) in [5, 5.41) is 3.78. The third-order valence-electron chi connectivity index (χ3n) is 4.75. The molecule has 1 saturated heterocycles. The van der Waals surface area contributed by atoms with Gasteiger partial charge in [-0.25, -0.2) is 0 Å². The quantitative estimate of drug-likeness (QED) is 0.867. The Morgan fingerprint density at radius 2 is 1.62 bits per heavy atom. The van der Waals surface area contributed by atoms with E-state index >= 15 is 0 Å². The Morgan fingerprint density at radius 3 is 2.24 bits per heavy atom. The summed E-state index contributed by atoms with van der Waals surface area (Å²) in [5.74, 6) is 0.543. The Labute approximate surface area is 130 Å². The molecule has 1 aliphatic rings. The van der Waals surface area contributed by atoms with Crippen LogP contribution in [0.5, 0.6) is 0 Å². The summed E-state index contributed by atoms with van der Waals surface area (Å²) in [7, 11) is 2.21. The van der Waals surface area contributed by atoms with Gasteiger partial charge in [0.15, 0.2) is 0 Å². The molecule has 118 valence electrons. The Kier molecular flexibility index (Phi) is 6.22. The van der Waals surface area contributed by atoms with Crippen LogP contribution in [0, 0.1) is 0 Å². The van der Waals surface area contributed by atoms with Crippen molar-refractivity contribution < 1.29 is 0 Å². The number of rotatable bonds is 6. The first-order valence-electron chi connectivity index (χ1n) is 8.28. The van der Waals surface area contributed by atoms with Gasteiger partial charge in [0.05, 0.1) is 0 Å². The van der Waals surface area contributed by atoms with Crippen LogP contribution >= 0.6 is 0 Å². The zero-order valence-corrected chi connectivity index (χ0v) is 14.0. The molecule has 1 fully saturated rings. The standard InChI is InChI=1S/C18H31N3/c1-15(14-21-12-10-20(4)11-13-21)19-17(3)16(2)18-8-6-5-7-9-18/h5-9,15-17,19H,10-14H2,1-4H3/t15-,16+,17-/m1/s1. The first-order valence-corrected chi connectivity index (χ1v) is 8.28. The molecule has 1 aromatic rings. The third-order valence-corrected chi connectivity index (χ3v) is 4.75. The number of hydrogen-bond acceptors (Lipinski definition) is 3. The highest BCUT2D eigenvalue weighted by atomic mass is 15.3. The number of benzene rings is 1. The van der Waals surface area contributed by atoms with Crippen molar-refractivity contribution in [3.05, 3.63) is 35.9 Å². The summed E-state index contributed by atoms with van der Waals surface area (Å²) in [4.78, 5) is 4.99. The average Bonchev–Trinajstić information content (AvgIpc) is 2.49.